The van der Waals surface area contributed by atoms with Crippen LogP contribution in [0.25, 0.3) is 10.9 Å². The van der Waals surface area contributed by atoms with Crippen molar-refractivity contribution in [3.63, 3.8) is 0 Å². The number of rotatable bonds is 7. The summed E-state index contributed by atoms with van der Waals surface area (Å²) in [5, 5.41) is 2.02. The second kappa shape index (κ2) is 10.0. The lowest BCUT2D eigenvalue weighted by atomic mass is 10.0. The van der Waals surface area contributed by atoms with Crippen molar-refractivity contribution in [3.8, 4) is 5.75 Å². The van der Waals surface area contributed by atoms with Crippen LogP contribution in [0.4, 0.5) is 0 Å². The lowest BCUT2D eigenvalue weighted by Crippen LogP contribution is -2.39. The molecule has 4 aromatic rings. The standard InChI is InChI=1S/C28H30ClN3O/c29-22-10-12-24(13-11-22)33-20-28-26(19-31-16-14-23(30)15-17-31)25-8-4-5-9-27(25)32(28)18-21-6-2-1-3-7-21/h1-13,23H,14-20,30H2. The number of fused-ring (bicyclic) bond motifs is 1. The minimum absolute atomic E-state index is 0.327. The molecular weight excluding hydrogens is 430 g/mol. The Morgan fingerprint density at radius 2 is 1.55 bits per heavy atom. The van der Waals surface area contributed by atoms with Crippen molar-refractivity contribution in [2.24, 2.45) is 5.73 Å². The van der Waals surface area contributed by atoms with Crippen LogP contribution in [0.2, 0.25) is 5.02 Å². The number of hydrogen-bond acceptors (Lipinski definition) is 3. The fourth-order valence-electron chi connectivity index (χ4n) is 4.73. The first kappa shape index (κ1) is 22.0. The third-order valence-electron chi connectivity index (χ3n) is 6.58. The van der Waals surface area contributed by atoms with Crippen LogP contribution in [0, 0.1) is 0 Å². The molecule has 0 bridgehead atoms. The molecule has 2 N–H and O–H groups in total. The SMILES string of the molecule is NC1CCN(Cc2c(COc3ccc(Cl)cc3)n(Cc3ccccc3)c3ccccc23)CC1. The summed E-state index contributed by atoms with van der Waals surface area (Å²) in [6, 6.07) is 27.3. The van der Waals surface area contributed by atoms with E-state index in [1.807, 2.05) is 24.3 Å². The molecule has 3 aromatic carbocycles. The van der Waals surface area contributed by atoms with Gasteiger partial charge in [-0.25, -0.2) is 0 Å². The molecule has 1 aliphatic heterocycles. The van der Waals surface area contributed by atoms with E-state index in [-0.39, 0.29) is 0 Å². The average Bonchev–Trinajstić information content (AvgIpc) is 3.13. The van der Waals surface area contributed by atoms with Gasteiger partial charge in [0.1, 0.15) is 12.4 Å². The first-order valence-corrected chi connectivity index (χ1v) is 12.0. The Kier molecular flexibility index (Phi) is 6.68. The second-order valence-electron chi connectivity index (χ2n) is 8.87. The molecule has 2 heterocycles. The van der Waals surface area contributed by atoms with Crippen LogP contribution in [0.1, 0.15) is 29.7 Å². The Bertz CT molecular complexity index is 1200. The Morgan fingerprint density at radius 3 is 2.30 bits per heavy atom. The van der Waals surface area contributed by atoms with Crippen molar-refractivity contribution in [1.82, 2.24) is 9.47 Å². The molecule has 33 heavy (non-hydrogen) atoms. The largest absolute Gasteiger partial charge is 0.487 e. The summed E-state index contributed by atoms with van der Waals surface area (Å²) in [6.45, 7) is 4.30. The Labute approximate surface area is 200 Å². The zero-order valence-corrected chi connectivity index (χ0v) is 19.5. The predicted molar refractivity (Wildman–Crippen MR) is 136 cm³/mol. The third kappa shape index (κ3) is 5.09. The molecule has 0 spiro atoms. The van der Waals surface area contributed by atoms with E-state index in [0.717, 1.165) is 44.8 Å². The van der Waals surface area contributed by atoms with Crippen molar-refractivity contribution >= 4 is 22.5 Å². The van der Waals surface area contributed by atoms with E-state index in [4.69, 9.17) is 22.1 Å². The fraction of sp³-hybridized carbons (Fsp3) is 0.286. The van der Waals surface area contributed by atoms with Gasteiger partial charge in [0.25, 0.3) is 0 Å². The van der Waals surface area contributed by atoms with Gasteiger partial charge >= 0.3 is 0 Å². The third-order valence-corrected chi connectivity index (χ3v) is 6.83. The summed E-state index contributed by atoms with van der Waals surface area (Å²) in [5.41, 5.74) is 11.3. The van der Waals surface area contributed by atoms with E-state index in [2.05, 4.69) is 64.1 Å². The van der Waals surface area contributed by atoms with Crippen molar-refractivity contribution in [3.05, 3.63) is 101 Å². The van der Waals surface area contributed by atoms with Crippen molar-refractivity contribution in [1.29, 1.82) is 0 Å². The smallest absolute Gasteiger partial charge is 0.129 e. The highest BCUT2D eigenvalue weighted by molar-refractivity contribution is 6.30. The molecule has 0 atom stereocenters. The number of aromatic nitrogens is 1. The molecule has 170 valence electrons. The number of nitrogens with zero attached hydrogens (tertiary/aromatic N) is 2. The number of piperidine rings is 1. The Hall–Kier alpha value is -2.79. The van der Waals surface area contributed by atoms with Gasteiger partial charge in [-0.05, 0) is 67.4 Å². The Morgan fingerprint density at radius 1 is 0.848 bits per heavy atom. The average molecular weight is 460 g/mol. The zero-order chi connectivity index (χ0) is 22.6. The molecular formula is C28H30ClN3O. The molecule has 0 radical (unpaired) electrons. The molecule has 0 aliphatic carbocycles. The molecule has 1 fully saturated rings. The van der Waals surface area contributed by atoms with Gasteiger partial charge in [-0.1, -0.05) is 60.1 Å². The van der Waals surface area contributed by atoms with Gasteiger partial charge in [-0.15, -0.1) is 0 Å². The monoisotopic (exact) mass is 459 g/mol. The molecule has 1 saturated heterocycles. The summed E-state index contributed by atoms with van der Waals surface area (Å²) in [7, 11) is 0. The maximum Gasteiger partial charge on any atom is 0.129 e. The number of hydrogen-bond donors (Lipinski definition) is 1. The van der Waals surface area contributed by atoms with Gasteiger partial charge in [-0.3, -0.25) is 4.90 Å². The molecule has 1 aliphatic rings. The summed E-state index contributed by atoms with van der Waals surface area (Å²) in [6.07, 6.45) is 2.11. The quantitative estimate of drug-likeness (QED) is 0.377. The summed E-state index contributed by atoms with van der Waals surface area (Å²) < 4.78 is 8.71. The molecule has 5 rings (SSSR count). The molecule has 1 aromatic heterocycles. The van der Waals surface area contributed by atoms with Crippen LogP contribution < -0.4 is 10.5 Å². The maximum atomic E-state index is 6.28. The van der Waals surface area contributed by atoms with Crippen LogP contribution in [-0.2, 0) is 19.7 Å². The highest BCUT2D eigenvalue weighted by atomic mass is 35.5. The molecule has 0 saturated carbocycles. The number of para-hydroxylation sites is 1. The molecule has 4 nitrogen and oxygen atoms in total. The first-order valence-electron chi connectivity index (χ1n) is 11.7. The molecule has 0 unspecified atom stereocenters. The minimum Gasteiger partial charge on any atom is -0.487 e. The zero-order valence-electron chi connectivity index (χ0n) is 18.8. The lowest BCUT2D eigenvalue weighted by molar-refractivity contribution is 0.204. The first-order chi connectivity index (χ1) is 16.2. The van der Waals surface area contributed by atoms with E-state index in [1.165, 1.54) is 27.7 Å². The maximum absolute atomic E-state index is 6.28. The van der Waals surface area contributed by atoms with Crippen LogP contribution >= 0.6 is 11.6 Å². The Balaban J connectivity index is 1.53. The molecule has 0 amide bonds. The van der Waals surface area contributed by atoms with Crippen molar-refractivity contribution in [2.75, 3.05) is 13.1 Å². The number of ether oxygens (including phenoxy) is 1. The van der Waals surface area contributed by atoms with E-state index < -0.39 is 0 Å². The van der Waals surface area contributed by atoms with Gasteiger partial charge in [0.2, 0.25) is 0 Å². The van der Waals surface area contributed by atoms with Crippen LogP contribution in [0.5, 0.6) is 5.75 Å². The van der Waals surface area contributed by atoms with E-state index in [0.29, 0.717) is 17.7 Å². The summed E-state index contributed by atoms with van der Waals surface area (Å²) in [5.74, 6) is 0.825. The van der Waals surface area contributed by atoms with Gasteiger partial charge in [0, 0.05) is 35.1 Å². The normalized spacial score (nSPS) is 15.2. The second-order valence-corrected chi connectivity index (χ2v) is 9.31. The number of benzene rings is 3. The number of nitrogens with two attached hydrogens (primary N) is 1. The number of likely N-dealkylation sites (tertiary alicyclic amines) is 1. The minimum atomic E-state index is 0.327. The van der Waals surface area contributed by atoms with Gasteiger partial charge in [-0.2, -0.15) is 0 Å². The number of halogens is 1. The van der Waals surface area contributed by atoms with E-state index in [1.54, 1.807) is 0 Å². The van der Waals surface area contributed by atoms with Crippen LogP contribution in [-0.4, -0.2) is 28.6 Å². The summed E-state index contributed by atoms with van der Waals surface area (Å²) in [4.78, 5) is 2.53. The highest BCUT2D eigenvalue weighted by Gasteiger charge is 2.22. The summed E-state index contributed by atoms with van der Waals surface area (Å²) >= 11 is 6.07. The topological polar surface area (TPSA) is 43.4 Å². The lowest BCUT2D eigenvalue weighted by Gasteiger charge is -2.30. The van der Waals surface area contributed by atoms with Crippen LogP contribution in [0.15, 0.2) is 78.9 Å². The fourth-order valence-corrected chi connectivity index (χ4v) is 4.86. The van der Waals surface area contributed by atoms with Gasteiger partial charge in [0.15, 0.2) is 0 Å². The van der Waals surface area contributed by atoms with Gasteiger partial charge in [0.05, 0.1) is 5.69 Å². The van der Waals surface area contributed by atoms with Crippen molar-refractivity contribution < 1.29 is 4.74 Å². The predicted octanol–water partition coefficient (Wildman–Crippen LogP) is 5.85. The van der Waals surface area contributed by atoms with Crippen LogP contribution in [0.3, 0.4) is 0 Å². The van der Waals surface area contributed by atoms with E-state index >= 15 is 0 Å². The van der Waals surface area contributed by atoms with Crippen molar-refractivity contribution in [2.45, 2.75) is 38.6 Å². The van der Waals surface area contributed by atoms with Gasteiger partial charge < -0.3 is 15.0 Å². The van der Waals surface area contributed by atoms with E-state index in [9.17, 15) is 0 Å². The molecule has 5 heteroatoms. The highest BCUT2D eigenvalue weighted by Crippen LogP contribution is 2.30.